The van der Waals surface area contributed by atoms with Crippen LogP contribution in [0.25, 0.3) is 0 Å². The minimum Gasteiger partial charge on any atom is -0.496 e. The highest BCUT2D eigenvalue weighted by Crippen LogP contribution is 2.33. The third kappa shape index (κ3) is 3.14. The summed E-state index contributed by atoms with van der Waals surface area (Å²) in [6.07, 6.45) is 0. The Kier molecular flexibility index (Phi) is 4.19. The van der Waals surface area contributed by atoms with Gasteiger partial charge in [0.2, 0.25) is 0 Å². The van der Waals surface area contributed by atoms with Gasteiger partial charge in [-0.3, -0.25) is 0 Å². The Labute approximate surface area is 98.0 Å². The molecule has 0 amide bonds. The van der Waals surface area contributed by atoms with Gasteiger partial charge in [0.05, 0.1) is 7.11 Å². The molecule has 3 heteroatoms. The highest BCUT2D eigenvalue weighted by Gasteiger charge is 2.19. The maximum atomic E-state index is 5.47. The molecule has 0 spiro atoms. The Morgan fingerprint density at radius 2 is 2.00 bits per heavy atom. The minimum atomic E-state index is 0.0751. The maximum absolute atomic E-state index is 5.47. The van der Waals surface area contributed by atoms with Crippen LogP contribution in [0.1, 0.15) is 26.3 Å². The molecule has 3 nitrogen and oxygen atoms in total. The molecule has 0 aromatic heterocycles. The van der Waals surface area contributed by atoms with Crippen molar-refractivity contribution >= 4 is 5.69 Å². The Bertz CT molecular complexity index is 342. The molecule has 1 aromatic carbocycles. The van der Waals surface area contributed by atoms with Crippen molar-refractivity contribution < 1.29 is 4.74 Å². The Balaban J connectivity index is 3.02. The summed E-state index contributed by atoms with van der Waals surface area (Å²) in [5.74, 6) is 0.936. The standard InChI is InChI=1S/C13H22N2O/c1-13(2,3)11-9-10(15-8-7-14)5-6-12(11)16-4/h5-6,9,15H,7-8,14H2,1-4H3. The van der Waals surface area contributed by atoms with Crippen molar-refractivity contribution in [3.05, 3.63) is 23.8 Å². The minimum absolute atomic E-state index is 0.0751. The van der Waals surface area contributed by atoms with E-state index in [0.717, 1.165) is 18.0 Å². The molecule has 0 atom stereocenters. The monoisotopic (exact) mass is 222 g/mol. The number of ether oxygens (including phenoxy) is 1. The maximum Gasteiger partial charge on any atom is 0.122 e. The quantitative estimate of drug-likeness (QED) is 0.822. The number of methoxy groups -OCH3 is 1. The summed E-state index contributed by atoms with van der Waals surface area (Å²) >= 11 is 0. The summed E-state index contributed by atoms with van der Waals surface area (Å²) < 4.78 is 5.38. The van der Waals surface area contributed by atoms with Crippen molar-refractivity contribution in [3.63, 3.8) is 0 Å². The molecular weight excluding hydrogens is 200 g/mol. The Morgan fingerprint density at radius 1 is 1.31 bits per heavy atom. The van der Waals surface area contributed by atoms with Gasteiger partial charge >= 0.3 is 0 Å². The van der Waals surface area contributed by atoms with Crippen molar-refractivity contribution in [3.8, 4) is 5.75 Å². The lowest BCUT2D eigenvalue weighted by molar-refractivity contribution is 0.397. The summed E-state index contributed by atoms with van der Waals surface area (Å²) in [7, 11) is 1.71. The fraction of sp³-hybridized carbons (Fsp3) is 0.538. The number of nitrogens with one attached hydrogen (secondary N) is 1. The Hall–Kier alpha value is -1.22. The van der Waals surface area contributed by atoms with Crippen LogP contribution in [0.2, 0.25) is 0 Å². The SMILES string of the molecule is COc1ccc(NCCN)cc1C(C)(C)C. The third-order valence-electron chi connectivity index (χ3n) is 2.48. The lowest BCUT2D eigenvalue weighted by atomic mass is 9.86. The lowest BCUT2D eigenvalue weighted by Crippen LogP contribution is -2.16. The molecule has 0 saturated heterocycles. The molecule has 0 heterocycles. The van der Waals surface area contributed by atoms with E-state index in [4.69, 9.17) is 10.5 Å². The van der Waals surface area contributed by atoms with Crippen LogP contribution in [0.3, 0.4) is 0 Å². The molecule has 1 aromatic rings. The van der Waals surface area contributed by atoms with E-state index in [9.17, 15) is 0 Å². The van der Waals surface area contributed by atoms with Gasteiger partial charge in [-0.1, -0.05) is 20.8 Å². The van der Waals surface area contributed by atoms with Gasteiger partial charge in [0.1, 0.15) is 5.75 Å². The van der Waals surface area contributed by atoms with Crippen LogP contribution in [-0.4, -0.2) is 20.2 Å². The molecule has 0 radical (unpaired) electrons. The van der Waals surface area contributed by atoms with Gasteiger partial charge in [-0.15, -0.1) is 0 Å². The molecular formula is C13H22N2O. The van der Waals surface area contributed by atoms with Crippen LogP contribution in [-0.2, 0) is 5.41 Å². The predicted molar refractivity (Wildman–Crippen MR) is 69.2 cm³/mol. The van der Waals surface area contributed by atoms with Gasteiger partial charge in [0.25, 0.3) is 0 Å². The van der Waals surface area contributed by atoms with Crippen molar-refractivity contribution in [1.82, 2.24) is 0 Å². The Morgan fingerprint density at radius 3 is 2.50 bits per heavy atom. The number of anilines is 1. The number of hydrogen-bond acceptors (Lipinski definition) is 3. The zero-order valence-corrected chi connectivity index (χ0v) is 10.6. The average Bonchev–Trinajstić information content (AvgIpc) is 2.24. The summed E-state index contributed by atoms with van der Waals surface area (Å²) in [4.78, 5) is 0. The normalized spacial score (nSPS) is 11.3. The first kappa shape index (κ1) is 12.8. The van der Waals surface area contributed by atoms with E-state index >= 15 is 0 Å². The number of nitrogens with two attached hydrogens (primary N) is 1. The van der Waals surface area contributed by atoms with Crippen LogP contribution < -0.4 is 15.8 Å². The van der Waals surface area contributed by atoms with Gasteiger partial charge in [-0.25, -0.2) is 0 Å². The van der Waals surface area contributed by atoms with Crippen molar-refractivity contribution in [2.24, 2.45) is 5.73 Å². The van der Waals surface area contributed by atoms with Crippen LogP contribution in [0.15, 0.2) is 18.2 Å². The fourth-order valence-electron chi connectivity index (χ4n) is 1.62. The second kappa shape index (κ2) is 5.21. The molecule has 0 fully saturated rings. The molecule has 0 saturated carbocycles. The van der Waals surface area contributed by atoms with E-state index in [2.05, 4.69) is 32.2 Å². The zero-order valence-electron chi connectivity index (χ0n) is 10.6. The molecule has 16 heavy (non-hydrogen) atoms. The summed E-state index contributed by atoms with van der Waals surface area (Å²) in [6.45, 7) is 7.96. The van der Waals surface area contributed by atoms with Gasteiger partial charge in [0, 0.05) is 24.3 Å². The zero-order chi connectivity index (χ0) is 12.2. The molecule has 3 N–H and O–H groups in total. The van der Waals surface area contributed by atoms with Gasteiger partial charge in [-0.2, -0.15) is 0 Å². The van der Waals surface area contributed by atoms with E-state index in [1.165, 1.54) is 5.56 Å². The average molecular weight is 222 g/mol. The number of benzene rings is 1. The first-order valence-corrected chi connectivity index (χ1v) is 5.61. The van der Waals surface area contributed by atoms with E-state index in [0.29, 0.717) is 6.54 Å². The predicted octanol–water partition coefficient (Wildman–Crippen LogP) is 2.36. The van der Waals surface area contributed by atoms with E-state index in [-0.39, 0.29) is 5.41 Å². The van der Waals surface area contributed by atoms with Crippen LogP contribution in [0, 0.1) is 0 Å². The van der Waals surface area contributed by atoms with Gasteiger partial charge < -0.3 is 15.8 Å². The summed E-state index contributed by atoms with van der Waals surface area (Å²) in [5, 5.41) is 3.28. The van der Waals surface area contributed by atoms with E-state index < -0.39 is 0 Å². The number of rotatable bonds is 4. The molecule has 0 aliphatic carbocycles. The van der Waals surface area contributed by atoms with Crippen molar-refractivity contribution in [1.29, 1.82) is 0 Å². The molecule has 0 aliphatic rings. The topological polar surface area (TPSA) is 47.3 Å². The highest BCUT2D eigenvalue weighted by molar-refractivity contribution is 5.53. The fourth-order valence-corrected chi connectivity index (χ4v) is 1.62. The lowest BCUT2D eigenvalue weighted by Gasteiger charge is -2.23. The molecule has 90 valence electrons. The third-order valence-corrected chi connectivity index (χ3v) is 2.48. The second-order valence-electron chi connectivity index (χ2n) is 4.88. The van der Waals surface area contributed by atoms with Crippen LogP contribution in [0.4, 0.5) is 5.69 Å². The van der Waals surface area contributed by atoms with Crippen LogP contribution >= 0.6 is 0 Å². The van der Waals surface area contributed by atoms with E-state index in [1.54, 1.807) is 7.11 Å². The smallest absolute Gasteiger partial charge is 0.122 e. The molecule has 0 unspecified atom stereocenters. The second-order valence-corrected chi connectivity index (χ2v) is 4.88. The molecule has 0 bridgehead atoms. The largest absolute Gasteiger partial charge is 0.496 e. The highest BCUT2D eigenvalue weighted by atomic mass is 16.5. The first-order valence-electron chi connectivity index (χ1n) is 5.61. The molecule has 0 aliphatic heterocycles. The number of hydrogen-bond donors (Lipinski definition) is 2. The summed E-state index contributed by atoms with van der Waals surface area (Å²) in [5.41, 5.74) is 7.84. The van der Waals surface area contributed by atoms with Crippen molar-refractivity contribution in [2.45, 2.75) is 26.2 Å². The van der Waals surface area contributed by atoms with Crippen molar-refractivity contribution in [2.75, 3.05) is 25.5 Å². The van der Waals surface area contributed by atoms with Gasteiger partial charge in [0.15, 0.2) is 0 Å². The van der Waals surface area contributed by atoms with Gasteiger partial charge in [-0.05, 0) is 23.6 Å². The summed E-state index contributed by atoms with van der Waals surface area (Å²) in [6, 6.07) is 6.15. The van der Waals surface area contributed by atoms with Crippen LogP contribution in [0.5, 0.6) is 5.75 Å². The molecule has 1 rings (SSSR count). The first-order chi connectivity index (χ1) is 7.49. The van der Waals surface area contributed by atoms with E-state index in [1.807, 2.05) is 12.1 Å².